The second-order valence-electron chi connectivity index (χ2n) is 4.42. The number of hydrogen-bond acceptors (Lipinski definition) is 3. The van der Waals surface area contributed by atoms with Crippen LogP contribution in [0.2, 0.25) is 0 Å². The van der Waals surface area contributed by atoms with Crippen LogP contribution in [0.15, 0.2) is 42.6 Å². The van der Waals surface area contributed by atoms with Crippen LogP contribution in [0.4, 0.5) is 0 Å². The van der Waals surface area contributed by atoms with Gasteiger partial charge < -0.3 is 10.1 Å². The third-order valence-corrected chi connectivity index (χ3v) is 3.07. The number of pyridine rings is 1. The summed E-state index contributed by atoms with van der Waals surface area (Å²) in [6.07, 6.45) is 1.85. The predicted octanol–water partition coefficient (Wildman–Crippen LogP) is 3.10. The highest BCUT2D eigenvalue weighted by molar-refractivity contribution is 5.41. The number of benzene rings is 1. The lowest BCUT2D eigenvalue weighted by molar-refractivity contribution is 0.334. The monoisotopic (exact) mass is 256 g/mol. The first-order chi connectivity index (χ1) is 9.26. The molecule has 19 heavy (non-hydrogen) atoms. The van der Waals surface area contributed by atoms with Crippen molar-refractivity contribution in [2.75, 3.05) is 13.7 Å². The Morgan fingerprint density at radius 3 is 2.74 bits per heavy atom. The van der Waals surface area contributed by atoms with E-state index in [2.05, 4.69) is 22.4 Å². The number of para-hydroxylation sites is 1. The van der Waals surface area contributed by atoms with E-state index in [0.29, 0.717) is 6.61 Å². The normalized spacial score (nSPS) is 12.2. The zero-order chi connectivity index (χ0) is 13.7. The van der Waals surface area contributed by atoms with Gasteiger partial charge in [-0.3, -0.25) is 4.98 Å². The van der Waals surface area contributed by atoms with Crippen LogP contribution in [0.25, 0.3) is 0 Å². The number of nitrogens with zero attached hydrogens (tertiary/aromatic N) is 1. The van der Waals surface area contributed by atoms with E-state index >= 15 is 0 Å². The molecule has 0 saturated carbocycles. The van der Waals surface area contributed by atoms with Crippen LogP contribution in [0.3, 0.4) is 0 Å². The molecule has 1 aromatic carbocycles. The van der Waals surface area contributed by atoms with E-state index in [4.69, 9.17) is 4.74 Å². The lowest BCUT2D eigenvalue weighted by atomic mass is 9.98. The molecule has 0 bridgehead atoms. The molecule has 1 N–H and O–H groups in total. The molecule has 1 aromatic heterocycles. The fraction of sp³-hybridized carbons (Fsp3) is 0.312. The van der Waals surface area contributed by atoms with Crippen molar-refractivity contribution in [3.63, 3.8) is 0 Å². The van der Waals surface area contributed by atoms with Crippen LogP contribution in [-0.4, -0.2) is 18.6 Å². The smallest absolute Gasteiger partial charge is 0.124 e. The summed E-state index contributed by atoms with van der Waals surface area (Å²) in [5, 5.41) is 3.35. The Morgan fingerprint density at radius 2 is 2.05 bits per heavy atom. The third-order valence-electron chi connectivity index (χ3n) is 3.07. The van der Waals surface area contributed by atoms with Gasteiger partial charge in [-0.15, -0.1) is 0 Å². The largest absolute Gasteiger partial charge is 0.494 e. The quantitative estimate of drug-likeness (QED) is 0.892. The van der Waals surface area contributed by atoms with E-state index < -0.39 is 0 Å². The van der Waals surface area contributed by atoms with E-state index in [9.17, 15) is 0 Å². The highest BCUT2D eigenvalue weighted by Gasteiger charge is 2.16. The highest BCUT2D eigenvalue weighted by atomic mass is 16.5. The summed E-state index contributed by atoms with van der Waals surface area (Å²) >= 11 is 0. The zero-order valence-corrected chi connectivity index (χ0v) is 11.7. The van der Waals surface area contributed by atoms with Crippen molar-refractivity contribution in [2.24, 2.45) is 0 Å². The Labute approximate surface area is 114 Å². The average Bonchev–Trinajstić information content (AvgIpc) is 2.42. The Bertz CT molecular complexity index is 540. The van der Waals surface area contributed by atoms with Crippen molar-refractivity contribution >= 4 is 0 Å². The predicted molar refractivity (Wildman–Crippen MR) is 77.5 cm³/mol. The summed E-state index contributed by atoms with van der Waals surface area (Å²) in [7, 11) is 1.96. The van der Waals surface area contributed by atoms with Gasteiger partial charge in [-0.05, 0) is 44.7 Å². The van der Waals surface area contributed by atoms with Crippen molar-refractivity contribution in [2.45, 2.75) is 19.9 Å². The molecule has 0 aliphatic heterocycles. The molecular formula is C16H20N2O. The molecule has 0 fully saturated rings. The molecule has 100 valence electrons. The lowest BCUT2D eigenvalue weighted by Gasteiger charge is -2.20. The molecule has 1 heterocycles. The summed E-state index contributed by atoms with van der Waals surface area (Å²) < 4.78 is 5.72. The van der Waals surface area contributed by atoms with Gasteiger partial charge in [-0.25, -0.2) is 0 Å². The minimum Gasteiger partial charge on any atom is -0.494 e. The van der Waals surface area contributed by atoms with Crippen LogP contribution in [0, 0.1) is 6.92 Å². The second kappa shape index (κ2) is 6.34. The molecule has 1 atom stereocenters. The Morgan fingerprint density at radius 1 is 1.26 bits per heavy atom. The van der Waals surface area contributed by atoms with Gasteiger partial charge in [0.1, 0.15) is 5.75 Å². The fourth-order valence-electron chi connectivity index (χ4n) is 2.25. The van der Waals surface area contributed by atoms with Crippen LogP contribution in [-0.2, 0) is 0 Å². The van der Waals surface area contributed by atoms with Crippen molar-refractivity contribution in [3.05, 3.63) is 59.4 Å². The van der Waals surface area contributed by atoms with Gasteiger partial charge in [0.05, 0.1) is 12.6 Å². The van der Waals surface area contributed by atoms with Crippen molar-refractivity contribution in [1.29, 1.82) is 0 Å². The summed E-state index contributed by atoms with van der Waals surface area (Å²) in [6, 6.07) is 12.4. The Balaban J connectivity index is 2.42. The first kappa shape index (κ1) is 13.6. The van der Waals surface area contributed by atoms with Gasteiger partial charge in [-0.2, -0.15) is 0 Å². The van der Waals surface area contributed by atoms with Crippen LogP contribution >= 0.6 is 0 Å². The van der Waals surface area contributed by atoms with Gasteiger partial charge in [0, 0.05) is 17.5 Å². The van der Waals surface area contributed by atoms with Crippen LogP contribution in [0.1, 0.15) is 29.8 Å². The zero-order valence-electron chi connectivity index (χ0n) is 11.7. The molecule has 0 radical (unpaired) electrons. The maximum Gasteiger partial charge on any atom is 0.124 e. The first-order valence-electron chi connectivity index (χ1n) is 6.57. The summed E-state index contributed by atoms with van der Waals surface area (Å²) in [6.45, 7) is 4.68. The molecule has 0 aliphatic rings. The van der Waals surface area contributed by atoms with Crippen molar-refractivity contribution in [1.82, 2.24) is 10.3 Å². The standard InChI is InChI=1S/C16H20N2O/c1-4-19-15-8-6-5-7-14(15)16(17-3)13-9-10-18-12(2)11-13/h5-11,16-17H,4H2,1-3H3. The number of nitrogens with one attached hydrogen (secondary N) is 1. The van der Waals surface area contributed by atoms with Gasteiger partial charge in [-0.1, -0.05) is 18.2 Å². The van der Waals surface area contributed by atoms with E-state index in [1.165, 1.54) is 5.56 Å². The SMILES string of the molecule is CCOc1ccccc1C(NC)c1ccnc(C)c1. The van der Waals surface area contributed by atoms with Crippen LogP contribution < -0.4 is 10.1 Å². The van der Waals surface area contributed by atoms with E-state index in [1.807, 2.05) is 51.4 Å². The highest BCUT2D eigenvalue weighted by Crippen LogP contribution is 2.29. The molecule has 0 spiro atoms. The third kappa shape index (κ3) is 3.12. The molecule has 0 amide bonds. The number of ether oxygens (including phenoxy) is 1. The lowest BCUT2D eigenvalue weighted by Crippen LogP contribution is -2.19. The Kier molecular flexibility index (Phi) is 4.53. The maximum atomic E-state index is 5.72. The van der Waals surface area contributed by atoms with Gasteiger partial charge >= 0.3 is 0 Å². The van der Waals surface area contributed by atoms with Crippen LogP contribution in [0.5, 0.6) is 5.75 Å². The molecule has 2 rings (SSSR count). The summed E-state index contributed by atoms with van der Waals surface area (Å²) in [5.74, 6) is 0.929. The summed E-state index contributed by atoms with van der Waals surface area (Å²) in [5.41, 5.74) is 3.37. The van der Waals surface area contributed by atoms with Crippen molar-refractivity contribution in [3.8, 4) is 5.75 Å². The molecule has 3 heteroatoms. The molecule has 0 saturated heterocycles. The first-order valence-corrected chi connectivity index (χ1v) is 6.57. The summed E-state index contributed by atoms with van der Waals surface area (Å²) in [4.78, 5) is 4.25. The molecular weight excluding hydrogens is 236 g/mol. The molecule has 2 aromatic rings. The van der Waals surface area contributed by atoms with Gasteiger partial charge in [0.15, 0.2) is 0 Å². The van der Waals surface area contributed by atoms with E-state index in [1.54, 1.807) is 0 Å². The Hall–Kier alpha value is -1.87. The topological polar surface area (TPSA) is 34.1 Å². The number of hydrogen-bond donors (Lipinski definition) is 1. The molecule has 1 unspecified atom stereocenters. The van der Waals surface area contributed by atoms with Crippen molar-refractivity contribution < 1.29 is 4.74 Å². The molecule has 3 nitrogen and oxygen atoms in total. The minimum absolute atomic E-state index is 0.115. The van der Waals surface area contributed by atoms with Gasteiger partial charge in [0.2, 0.25) is 0 Å². The fourth-order valence-corrected chi connectivity index (χ4v) is 2.25. The molecule has 0 aliphatic carbocycles. The number of aromatic nitrogens is 1. The average molecular weight is 256 g/mol. The number of aryl methyl sites for hydroxylation is 1. The van der Waals surface area contributed by atoms with E-state index in [0.717, 1.165) is 17.0 Å². The van der Waals surface area contributed by atoms with E-state index in [-0.39, 0.29) is 6.04 Å². The second-order valence-corrected chi connectivity index (χ2v) is 4.42. The van der Waals surface area contributed by atoms with Gasteiger partial charge in [0.25, 0.3) is 0 Å². The number of rotatable bonds is 5. The maximum absolute atomic E-state index is 5.72. The minimum atomic E-state index is 0.115.